The van der Waals surface area contributed by atoms with Crippen LogP contribution in [0.3, 0.4) is 0 Å². The molecule has 0 radical (unpaired) electrons. The summed E-state index contributed by atoms with van der Waals surface area (Å²) in [4.78, 5) is 32.7. The molecule has 1 aliphatic heterocycles. The molecule has 1 aliphatic carbocycles. The summed E-state index contributed by atoms with van der Waals surface area (Å²) in [5.41, 5.74) is 4.07. The van der Waals surface area contributed by atoms with Crippen molar-refractivity contribution in [3.8, 4) is 16.9 Å². The van der Waals surface area contributed by atoms with Crippen LogP contribution in [0, 0.1) is 5.82 Å². The number of aromatic nitrogens is 5. The zero-order chi connectivity index (χ0) is 26.8. The van der Waals surface area contributed by atoms with E-state index in [1.54, 1.807) is 34.1 Å². The van der Waals surface area contributed by atoms with E-state index in [1.165, 1.54) is 33.6 Å². The highest BCUT2D eigenvalue weighted by atomic mass is 32.1. The van der Waals surface area contributed by atoms with Crippen LogP contribution in [0.5, 0.6) is 0 Å². The molecule has 5 aromatic rings. The molecule has 40 heavy (non-hydrogen) atoms. The summed E-state index contributed by atoms with van der Waals surface area (Å²) in [7, 11) is 0. The van der Waals surface area contributed by atoms with Crippen LogP contribution in [0.4, 0.5) is 4.39 Å². The van der Waals surface area contributed by atoms with Crippen molar-refractivity contribution in [2.24, 2.45) is 0 Å². The van der Waals surface area contributed by atoms with Crippen molar-refractivity contribution in [3.05, 3.63) is 87.4 Å². The number of carbonyl (C=O) groups excluding carboxylic acids is 1. The number of hydrogen-bond donors (Lipinski definition) is 1. The van der Waals surface area contributed by atoms with E-state index < -0.39 is 11.8 Å². The molecule has 1 aromatic carbocycles. The summed E-state index contributed by atoms with van der Waals surface area (Å²) in [5.74, 6) is -1.46. The molecule has 7 rings (SSSR count). The van der Waals surface area contributed by atoms with Crippen molar-refractivity contribution in [2.45, 2.75) is 45.6 Å². The van der Waals surface area contributed by atoms with Crippen LogP contribution >= 0.6 is 11.3 Å². The first kappa shape index (κ1) is 25.9. The third kappa shape index (κ3) is 4.26. The molecule has 5 heterocycles. The molecule has 1 atom stereocenters. The number of fused-ring (bicyclic) bond motifs is 2. The first-order valence-electron chi connectivity index (χ1n) is 12.7. The monoisotopic (exact) mass is 558 g/mol. The Kier molecular flexibility index (Phi) is 6.25. The standard InChI is InChI=1S/C28H23FN6O3S.CH4/c1-15-19-7-9-39-25(19)6-8-33(15)27(36)23-11-24(16-2-3-16)35-26(31-23)12-22(32-35)20-5-4-18(10-21(20)29)34-14-17(13-30-34)28(37)38;/h4-5,7,9-16H,2-3,6,8H2,1H3,(H,37,38);1H4. The molecule has 0 saturated heterocycles. The minimum atomic E-state index is -1.11. The number of thiophene rings is 1. The zero-order valence-corrected chi connectivity index (χ0v) is 21.7. The SMILES string of the molecule is C.CC1c2ccsc2CCN1C(=O)c1cc(C2CC2)n2nc(-c3ccc(-n4cc(C(=O)O)cn4)cc3F)cc2n1. The fourth-order valence-electron chi connectivity index (χ4n) is 5.27. The molecule has 204 valence electrons. The maximum atomic E-state index is 15.3. The number of benzene rings is 1. The van der Waals surface area contributed by atoms with Gasteiger partial charge in [-0.2, -0.15) is 10.2 Å². The van der Waals surface area contributed by atoms with E-state index in [0.29, 0.717) is 29.3 Å². The van der Waals surface area contributed by atoms with Gasteiger partial charge in [0.25, 0.3) is 5.91 Å². The van der Waals surface area contributed by atoms with E-state index in [4.69, 9.17) is 5.11 Å². The van der Waals surface area contributed by atoms with Gasteiger partial charge in [0.1, 0.15) is 11.5 Å². The highest BCUT2D eigenvalue weighted by Gasteiger charge is 2.33. The predicted molar refractivity (Wildman–Crippen MR) is 149 cm³/mol. The molecule has 1 unspecified atom stereocenters. The summed E-state index contributed by atoms with van der Waals surface area (Å²) < 4.78 is 18.3. The van der Waals surface area contributed by atoms with Crippen LogP contribution in [0.15, 0.2) is 54.2 Å². The molecule has 1 fully saturated rings. The predicted octanol–water partition coefficient (Wildman–Crippen LogP) is 5.75. The average Bonchev–Trinajstić information content (AvgIpc) is 3.31. The van der Waals surface area contributed by atoms with E-state index in [2.05, 4.69) is 33.6 Å². The van der Waals surface area contributed by atoms with Crippen LogP contribution in [-0.2, 0) is 6.42 Å². The van der Waals surface area contributed by atoms with Crippen LogP contribution in [0.1, 0.15) is 76.1 Å². The Bertz CT molecular complexity index is 1790. The summed E-state index contributed by atoms with van der Waals surface area (Å²) >= 11 is 1.73. The van der Waals surface area contributed by atoms with Gasteiger partial charge in [-0.25, -0.2) is 23.4 Å². The van der Waals surface area contributed by atoms with Gasteiger partial charge >= 0.3 is 5.97 Å². The number of halogens is 1. The van der Waals surface area contributed by atoms with Gasteiger partial charge in [0, 0.05) is 46.9 Å². The van der Waals surface area contributed by atoms with E-state index in [9.17, 15) is 9.59 Å². The number of amides is 1. The van der Waals surface area contributed by atoms with Gasteiger partial charge in [-0.3, -0.25) is 4.79 Å². The van der Waals surface area contributed by atoms with Crippen LogP contribution in [0.25, 0.3) is 22.6 Å². The number of aromatic carboxylic acids is 1. The summed E-state index contributed by atoms with van der Waals surface area (Å²) in [6.07, 6.45) is 5.39. The van der Waals surface area contributed by atoms with E-state index in [-0.39, 0.29) is 36.4 Å². The van der Waals surface area contributed by atoms with Gasteiger partial charge < -0.3 is 10.0 Å². The molecule has 0 spiro atoms. The Morgan fingerprint density at radius 1 is 1.15 bits per heavy atom. The third-order valence-electron chi connectivity index (χ3n) is 7.53. The molecule has 1 amide bonds. The second-order valence-corrected chi connectivity index (χ2v) is 11.0. The van der Waals surface area contributed by atoms with E-state index in [1.807, 2.05) is 11.0 Å². The van der Waals surface area contributed by atoms with Crippen LogP contribution in [-0.4, -0.2) is 52.8 Å². The van der Waals surface area contributed by atoms with Crippen molar-refractivity contribution in [3.63, 3.8) is 0 Å². The molecule has 4 aromatic heterocycles. The lowest BCUT2D eigenvalue weighted by Crippen LogP contribution is -2.38. The molecular formula is C29H27FN6O3S. The Balaban J connectivity index is 0.00000289. The number of hydrogen-bond acceptors (Lipinski definition) is 6. The van der Waals surface area contributed by atoms with Crippen molar-refractivity contribution < 1.29 is 19.1 Å². The van der Waals surface area contributed by atoms with Crippen molar-refractivity contribution in [2.75, 3.05) is 6.54 Å². The first-order valence-corrected chi connectivity index (χ1v) is 13.6. The van der Waals surface area contributed by atoms with Gasteiger partial charge in [0.2, 0.25) is 0 Å². The normalized spacial score (nSPS) is 16.6. The number of rotatable bonds is 5. The largest absolute Gasteiger partial charge is 0.478 e. The quantitative estimate of drug-likeness (QED) is 0.294. The Morgan fingerprint density at radius 2 is 1.98 bits per heavy atom. The van der Waals surface area contributed by atoms with E-state index >= 15 is 4.39 Å². The minimum Gasteiger partial charge on any atom is -0.478 e. The highest BCUT2D eigenvalue weighted by Crippen LogP contribution is 2.41. The number of carboxylic acids is 1. The first-order chi connectivity index (χ1) is 18.9. The topological polar surface area (TPSA) is 106 Å². The average molecular weight is 559 g/mol. The third-order valence-corrected chi connectivity index (χ3v) is 8.53. The lowest BCUT2D eigenvalue weighted by atomic mass is 10.0. The molecule has 2 aliphatic rings. The lowest BCUT2D eigenvalue weighted by Gasteiger charge is -2.33. The fourth-order valence-corrected chi connectivity index (χ4v) is 6.23. The summed E-state index contributed by atoms with van der Waals surface area (Å²) in [6.45, 7) is 2.70. The number of carboxylic acid groups (broad SMARTS) is 1. The van der Waals surface area contributed by atoms with Crippen molar-refractivity contribution in [1.82, 2.24) is 29.3 Å². The Labute approximate surface area is 233 Å². The molecule has 9 nitrogen and oxygen atoms in total. The van der Waals surface area contributed by atoms with Gasteiger partial charge in [-0.1, -0.05) is 7.43 Å². The van der Waals surface area contributed by atoms with Gasteiger partial charge in [0.05, 0.1) is 29.2 Å². The second kappa shape index (κ2) is 9.67. The van der Waals surface area contributed by atoms with Crippen LogP contribution < -0.4 is 0 Å². The smallest absolute Gasteiger partial charge is 0.338 e. The van der Waals surface area contributed by atoms with Gasteiger partial charge in [-0.15, -0.1) is 11.3 Å². The second-order valence-electron chi connectivity index (χ2n) is 10.0. The maximum Gasteiger partial charge on any atom is 0.338 e. The minimum absolute atomic E-state index is 0. The maximum absolute atomic E-state index is 15.3. The Hall–Kier alpha value is -4.38. The highest BCUT2D eigenvalue weighted by molar-refractivity contribution is 7.10. The summed E-state index contributed by atoms with van der Waals surface area (Å²) in [5, 5.41) is 19.9. The fraction of sp³-hybridized carbons (Fsp3) is 0.276. The molecule has 1 saturated carbocycles. The summed E-state index contributed by atoms with van der Waals surface area (Å²) in [6, 6.07) is 10.1. The molecule has 0 bridgehead atoms. The lowest BCUT2D eigenvalue weighted by molar-refractivity contribution is 0.0670. The molecule has 1 N–H and O–H groups in total. The van der Waals surface area contributed by atoms with Gasteiger partial charge in [0.15, 0.2) is 5.65 Å². The van der Waals surface area contributed by atoms with E-state index in [0.717, 1.165) is 25.0 Å². The Morgan fingerprint density at radius 3 is 2.70 bits per heavy atom. The van der Waals surface area contributed by atoms with Crippen LogP contribution in [0.2, 0.25) is 0 Å². The van der Waals surface area contributed by atoms with Crippen molar-refractivity contribution >= 4 is 28.9 Å². The molecular weight excluding hydrogens is 531 g/mol. The van der Waals surface area contributed by atoms with Crippen molar-refractivity contribution in [1.29, 1.82) is 0 Å². The number of carbonyl (C=O) groups is 2. The zero-order valence-electron chi connectivity index (χ0n) is 20.9. The number of nitrogens with zero attached hydrogens (tertiary/aromatic N) is 6. The molecule has 11 heteroatoms. The van der Waals surface area contributed by atoms with Gasteiger partial charge in [-0.05, 0) is 61.4 Å².